The third-order valence-electron chi connectivity index (χ3n) is 0.856. The molecule has 0 saturated carbocycles. The Bertz CT molecular complexity index is 105. The molecular formula is C3H5BrFN3. The first-order chi connectivity index (χ1) is 3.72. The van der Waals surface area contributed by atoms with Crippen LogP contribution in [-0.4, -0.2) is 28.7 Å². The van der Waals surface area contributed by atoms with Gasteiger partial charge < -0.3 is 0 Å². The summed E-state index contributed by atoms with van der Waals surface area (Å²) in [7, 11) is 1.56. The fourth-order valence-electron chi connectivity index (χ4n) is 0.400. The molecule has 1 unspecified atom stereocenters. The number of hydrogen-bond donors (Lipinski definition) is 0. The molecule has 1 aliphatic rings. The van der Waals surface area contributed by atoms with Gasteiger partial charge in [0.1, 0.15) is 6.34 Å². The van der Waals surface area contributed by atoms with E-state index in [9.17, 15) is 4.39 Å². The highest BCUT2D eigenvalue weighted by molar-refractivity contribution is 9.07. The minimum absolute atomic E-state index is 1.16. The monoisotopic (exact) mass is 181 g/mol. The number of nitrogens with zero attached hydrogens (tertiary/aromatic N) is 3. The summed E-state index contributed by atoms with van der Waals surface area (Å²) in [5.41, 5.74) is 0. The van der Waals surface area contributed by atoms with Crippen molar-refractivity contribution >= 4 is 22.5 Å². The number of rotatable bonds is 0. The Morgan fingerprint density at radius 1 is 1.88 bits per heavy atom. The lowest BCUT2D eigenvalue weighted by Gasteiger charge is -2.13. The van der Waals surface area contributed by atoms with Gasteiger partial charge in [0.05, 0.1) is 16.1 Å². The van der Waals surface area contributed by atoms with Crippen LogP contribution in [0, 0.1) is 0 Å². The van der Waals surface area contributed by atoms with Crippen molar-refractivity contribution in [2.75, 3.05) is 7.05 Å². The number of halogens is 2. The second-order valence-electron chi connectivity index (χ2n) is 1.46. The largest absolute Gasteiger partial charge is 0.274 e. The van der Waals surface area contributed by atoms with Crippen LogP contribution in [0.25, 0.3) is 0 Å². The van der Waals surface area contributed by atoms with E-state index in [4.69, 9.17) is 0 Å². The van der Waals surface area contributed by atoms with Gasteiger partial charge in [-0.1, -0.05) is 0 Å². The Morgan fingerprint density at radius 2 is 2.50 bits per heavy atom. The van der Waals surface area contributed by atoms with Crippen LogP contribution in [0.1, 0.15) is 0 Å². The molecule has 0 saturated heterocycles. The quantitative estimate of drug-likeness (QED) is 0.406. The summed E-state index contributed by atoms with van der Waals surface area (Å²) < 4.78 is 13.6. The molecule has 0 aromatic rings. The fraction of sp³-hybridized carbons (Fsp3) is 0.667. The van der Waals surface area contributed by atoms with Crippen molar-refractivity contribution in [3.05, 3.63) is 0 Å². The summed E-state index contributed by atoms with van der Waals surface area (Å²) in [6, 6.07) is 0. The number of hydrazone groups is 1. The Morgan fingerprint density at radius 3 is 2.62 bits per heavy atom. The topological polar surface area (TPSA) is 18.8 Å². The maximum atomic E-state index is 12.4. The van der Waals surface area contributed by atoms with Gasteiger partial charge in [0.2, 0.25) is 0 Å². The molecule has 1 heterocycles. The highest BCUT2D eigenvalue weighted by atomic mass is 79.9. The van der Waals surface area contributed by atoms with Gasteiger partial charge in [0.15, 0.2) is 0 Å². The zero-order valence-electron chi connectivity index (χ0n) is 4.25. The Kier molecular flexibility index (Phi) is 1.37. The summed E-state index contributed by atoms with van der Waals surface area (Å²) in [6.45, 7) is 0. The van der Waals surface area contributed by atoms with Crippen molar-refractivity contribution in [1.29, 1.82) is 0 Å². The predicted molar refractivity (Wildman–Crippen MR) is 31.9 cm³/mol. The van der Waals surface area contributed by atoms with Gasteiger partial charge in [-0.15, -0.1) is 0 Å². The molecule has 8 heavy (non-hydrogen) atoms. The highest BCUT2D eigenvalue weighted by Crippen LogP contribution is 2.13. The van der Waals surface area contributed by atoms with Crippen LogP contribution in [-0.2, 0) is 0 Å². The molecule has 0 N–H and O–H groups in total. The molecule has 0 bridgehead atoms. The average molecular weight is 182 g/mol. The molecule has 1 aliphatic heterocycles. The molecule has 0 spiro atoms. The van der Waals surface area contributed by atoms with Gasteiger partial charge in [-0.3, -0.25) is 0 Å². The number of hydrogen-bond acceptors (Lipinski definition) is 3. The minimum atomic E-state index is -1.16. The molecule has 1 rings (SSSR count). The summed E-state index contributed by atoms with van der Waals surface area (Å²) in [5, 5.41) is 4.81. The first-order valence-electron chi connectivity index (χ1n) is 2.07. The molecular weight excluding hydrogens is 177 g/mol. The van der Waals surface area contributed by atoms with Gasteiger partial charge in [0.25, 0.3) is 6.42 Å². The fourth-order valence-corrected chi connectivity index (χ4v) is 0.747. The van der Waals surface area contributed by atoms with Gasteiger partial charge in [-0.25, -0.2) is 8.93 Å². The lowest BCUT2D eigenvalue weighted by atomic mass is 10.9. The molecule has 3 nitrogen and oxygen atoms in total. The van der Waals surface area contributed by atoms with Gasteiger partial charge >= 0.3 is 0 Å². The summed E-state index contributed by atoms with van der Waals surface area (Å²) in [4.78, 5) is 0. The maximum absolute atomic E-state index is 12.4. The van der Waals surface area contributed by atoms with E-state index >= 15 is 0 Å². The van der Waals surface area contributed by atoms with Crippen LogP contribution in [0.3, 0.4) is 0 Å². The third-order valence-corrected chi connectivity index (χ3v) is 1.38. The maximum Gasteiger partial charge on any atom is 0.274 e. The van der Waals surface area contributed by atoms with Crippen LogP contribution in [0.15, 0.2) is 5.10 Å². The first kappa shape index (κ1) is 5.81. The van der Waals surface area contributed by atoms with Crippen LogP contribution in [0.2, 0.25) is 0 Å². The van der Waals surface area contributed by atoms with Crippen LogP contribution in [0.4, 0.5) is 4.39 Å². The van der Waals surface area contributed by atoms with Crippen molar-refractivity contribution in [3.63, 3.8) is 0 Å². The van der Waals surface area contributed by atoms with E-state index in [1.54, 1.807) is 7.05 Å². The summed E-state index contributed by atoms with van der Waals surface area (Å²) in [6.07, 6.45) is 0.208. The molecule has 0 fully saturated rings. The van der Waals surface area contributed by atoms with Crippen molar-refractivity contribution in [2.24, 2.45) is 5.10 Å². The lowest BCUT2D eigenvalue weighted by Crippen LogP contribution is -2.26. The van der Waals surface area contributed by atoms with E-state index in [0.29, 0.717) is 0 Å². The van der Waals surface area contributed by atoms with E-state index in [1.165, 1.54) is 15.3 Å². The molecule has 0 aromatic heterocycles. The molecule has 0 radical (unpaired) electrons. The second-order valence-corrected chi connectivity index (χ2v) is 2.28. The van der Waals surface area contributed by atoms with Crippen molar-refractivity contribution in [1.82, 2.24) is 8.93 Å². The van der Waals surface area contributed by atoms with Crippen LogP contribution < -0.4 is 0 Å². The Balaban J connectivity index is 2.55. The standard InChI is InChI=1S/C3H5BrFN3/c1-7-3(5)8(4)2-6-7/h2-3H,1H3. The zero-order chi connectivity index (χ0) is 6.15. The third kappa shape index (κ3) is 0.774. The van der Waals surface area contributed by atoms with Gasteiger partial charge in [-0.2, -0.15) is 9.49 Å². The summed E-state index contributed by atoms with van der Waals surface area (Å²) >= 11 is 2.91. The molecule has 0 aromatic carbocycles. The second kappa shape index (κ2) is 1.89. The van der Waals surface area contributed by atoms with Gasteiger partial charge in [-0.05, 0) is 0 Å². The average Bonchev–Trinajstić information content (AvgIpc) is 1.98. The zero-order valence-corrected chi connectivity index (χ0v) is 5.84. The smallest absolute Gasteiger partial charge is 0.247 e. The SMILES string of the molecule is CN1N=CN(Br)C1F. The highest BCUT2D eigenvalue weighted by Gasteiger charge is 2.21. The van der Waals surface area contributed by atoms with Crippen molar-refractivity contribution in [3.8, 4) is 0 Å². The van der Waals surface area contributed by atoms with Crippen molar-refractivity contribution < 1.29 is 4.39 Å². The van der Waals surface area contributed by atoms with E-state index in [-0.39, 0.29) is 0 Å². The van der Waals surface area contributed by atoms with Crippen LogP contribution >= 0.6 is 16.1 Å². The first-order valence-corrected chi connectivity index (χ1v) is 2.78. The molecule has 0 amide bonds. The molecule has 0 aliphatic carbocycles. The Labute approximate surface area is 55.1 Å². The molecule has 46 valence electrons. The minimum Gasteiger partial charge on any atom is -0.247 e. The van der Waals surface area contributed by atoms with E-state index in [1.807, 2.05) is 0 Å². The van der Waals surface area contributed by atoms with Crippen LogP contribution in [0.5, 0.6) is 0 Å². The lowest BCUT2D eigenvalue weighted by molar-refractivity contribution is 0.0827. The Hall–Kier alpha value is -0.320. The summed E-state index contributed by atoms with van der Waals surface area (Å²) in [5.74, 6) is 0. The normalized spacial score (nSPS) is 27.6. The van der Waals surface area contributed by atoms with Crippen molar-refractivity contribution in [2.45, 2.75) is 6.42 Å². The molecule has 1 atom stereocenters. The number of alkyl halides is 1. The van der Waals surface area contributed by atoms with Gasteiger partial charge in [0, 0.05) is 7.05 Å². The van der Waals surface area contributed by atoms with E-state index in [2.05, 4.69) is 21.2 Å². The predicted octanol–water partition coefficient (Wildman–Crippen LogP) is 0.740. The van der Waals surface area contributed by atoms with E-state index < -0.39 is 6.42 Å². The van der Waals surface area contributed by atoms with E-state index in [0.717, 1.165) is 0 Å². The molecule has 5 heteroatoms.